The second kappa shape index (κ2) is 12.2. The molecule has 186 valence electrons. The standard InChI is InChI=1S/C26H37N3O4S/c1-4-25(29(34(3,31)32)23-12-14-24(15-13-23)33-5-2)26(30)27-19-21-10-9-11-22(18-21)20-28-16-7-6-8-17-28/h9-15,18,25H,4-8,16-17,19-20H2,1-3H3,(H,27,30). The van der Waals surface area contributed by atoms with Crippen LogP contribution < -0.4 is 14.4 Å². The molecule has 2 aromatic carbocycles. The van der Waals surface area contributed by atoms with Crippen LogP contribution in [0.25, 0.3) is 0 Å². The minimum absolute atomic E-state index is 0.316. The molecule has 0 aromatic heterocycles. The molecule has 0 bridgehead atoms. The van der Waals surface area contributed by atoms with E-state index in [1.165, 1.54) is 29.1 Å². The van der Waals surface area contributed by atoms with Gasteiger partial charge in [-0.3, -0.25) is 14.0 Å². The number of piperidine rings is 1. The highest BCUT2D eigenvalue weighted by Gasteiger charge is 2.31. The third kappa shape index (κ3) is 7.21. The van der Waals surface area contributed by atoms with Crippen LogP contribution >= 0.6 is 0 Å². The van der Waals surface area contributed by atoms with Gasteiger partial charge in [0, 0.05) is 13.1 Å². The Morgan fingerprint density at radius 2 is 1.74 bits per heavy atom. The van der Waals surface area contributed by atoms with Crippen LogP contribution in [0, 0.1) is 0 Å². The molecule has 0 radical (unpaired) electrons. The quantitative estimate of drug-likeness (QED) is 0.520. The summed E-state index contributed by atoms with van der Waals surface area (Å²) in [7, 11) is -3.68. The summed E-state index contributed by atoms with van der Waals surface area (Å²) in [5.74, 6) is 0.338. The van der Waals surface area contributed by atoms with Crippen molar-refractivity contribution in [3.63, 3.8) is 0 Å². The molecule has 0 spiro atoms. The van der Waals surface area contributed by atoms with E-state index in [2.05, 4.69) is 22.3 Å². The van der Waals surface area contributed by atoms with Gasteiger partial charge < -0.3 is 10.1 Å². The molecule has 8 heteroatoms. The second-order valence-electron chi connectivity index (χ2n) is 8.78. The molecule has 1 aliphatic heterocycles. The summed E-state index contributed by atoms with van der Waals surface area (Å²) >= 11 is 0. The monoisotopic (exact) mass is 487 g/mol. The lowest BCUT2D eigenvalue weighted by atomic mass is 10.1. The molecular weight excluding hydrogens is 450 g/mol. The van der Waals surface area contributed by atoms with E-state index in [0.29, 0.717) is 31.0 Å². The van der Waals surface area contributed by atoms with Crippen LogP contribution in [-0.2, 0) is 27.9 Å². The summed E-state index contributed by atoms with van der Waals surface area (Å²) in [5, 5.41) is 2.95. The van der Waals surface area contributed by atoms with Crippen LogP contribution in [0.15, 0.2) is 48.5 Å². The topological polar surface area (TPSA) is 79.0 Å². The maximum Gasteiger partial charge on any atom is 0.244 e. The SMILES string of the molecule is CCOc1ccc(N(C(CC)C(=O)NCc2cccc(CN3CCCCC3)c2)S(C)(=O)=O)cc1. The van der Waals surface area contributed by atoms with Gasteiger partial charge in [-0.15, -0.1) is 0 Å². The molecule has 7 nitrogen and oxygen atoms in total. The molecular formula is C26H37N3O4S. The summed E-state index contributed by atoms with van der Waals surface area (Å²) in [6.07, 6.45) is 5.28. The Morgan fingerprint density at radius 1 is 1.06 bits per heavy atom. The van der Waals surface area contributed by atoms with Gasteiger partial charge in [-0.1, -0.05) is 37.6 Å². The zero-order valence-electron chi connectivity index (χ0n) is 20.5. The fraction of sp³-hybridized carbons (Fsp3) is 0.500. The number of sulfonamides is 1. The van der Waals surface area contributed by atoms with E-state index >= 15 is 0 Å². The second-order valence-corrected chi connectivity index (χ2v) is 10.6. The number of nitrogens with zero attached hydrogens (tertiary/aromatic N) is 2. The number of ether oxygens (including phenoxy) is 1. The largest absolute Gasteiger partial charge is 0.494 e. The highest BCUT2D eigenvalue weighted by molar-refractivity contribution is 7.92. The normalized spacial score (nSPS) is 15.5. The predicted octanol–water partition coefficient (Wildman–Crippen LogP) is 3.93. The van der Waals surface area contributed by atoms with Crippen LogP contribution in [0.1, 0.15) is 50.7 Å². The molecule has 1 amide bonds. The van der Waals surface area contributed by atoms with E-state index in [0.717, 1.165) is 31.5 Å². The summed E-state index contributed by atoms with van der Waals surface area (Å²) in [6, 6.07) is 14.2. The fourth-order valence-corrected chi connectivity index (χ4v) is 5.65. The molecule has 1 saturated heterocycles. The zero-order chi connectivity index (χ0) is 24.6. The lowest BCUT2D eigenvalue weighted by Crippen LogP contribution is -2.49. The van der Waals surface area contributed by atoms with E-state index < -0.39 is 16.1 Å². The Labute approximate surface area is 204 Å². The van der Waals surface area contributed by atoms with Crippen molar-refractivity contribution in [2.75, 3.05) is 30.3 Å². The number of amides is 1. The van der Waals surface area contributed by atoms with Crippen molar-refractivity contribution in [3.05, 3.63) is 59.7 Å². The van der Waals surface area contributed by atoms with Crippen molar-refractivity contribution in [1.82, 2.24) is 10.2 Å². The van der Waals surface area contributed by atoms with Crippen molar-refractivity contribution in [3.8, 4) is 5.75 Å². The molecule has 0 aliphatic carbocycles. The third-order valence-electron chi connectivity index (χ3n) is 6.04. The molecule has 3 rings (SSSR count). The smallest absolute Gasteiger partial charge is 0.244 e. The van der Waals surface area contributed by atoms with Crippen molar-refractivity contribution >= 4 is 21.6 Å². The Hall–Kier alpha value is -2.58. The molecule has 34 heavy (non-hydrogen) atoms. The molecule has 0 saturated carbocycles. The van der Waals surface area contributed by atoms with Gasteiger partial charge in [0.1, 0.15) is 11.8 Å². The maximum absolute atomic E-state index is 13.1. The first kappa shape index (κ1) is 26.0. The Kier molecular flexibility index (Phi) is 9.36. The summed E-state index contributed by atoms with van der Waals surface area (Å²) in [5.41, 5.74) is 2.68. The molecule has 1 aliphatic rings. The van der Waals surface area contributed by atoms with Crippen molar-refractivity contribution in [2.24, 2.45) is 0 Å². The number of rotatable bonds is 11. The number of anilines is 1. The number of hydrogen-bond donors (Lipinski definition) is 1. The highest BCUT2D eigenvalue weighted by atomic mass is 32.2. The van der Waals surface area contributed by atoms with Gasteiger partial charge in [-0.2, -0.15) is 0 Å². The predicted molar refractivity (Wildman–Crippen MR) is 136 cm³/mol. The van der Waals surface area contributed by atoms with Crippen LogP contribution in [0.3, 0.4) is 0 Å². The van der Waals surface area contributed by atoms with Gasteiger partial charge >= 0.3 is 0 Å². The van der Waals surface area contributed by atoms with Crippen LogP contribution in [0.2, 0.25) is 0 Å². The summed E-state index contributed by atoms with van der Waals surface area (Å²) in [6.45, 7) is 7.75. The zero-order valence-corrected chi connectivity index (χ0v) is 21.3. The lowest BCUT2D eigenvalue weighted by Gasteiger charge is -2.30. The van der Waals surface area contributed by atoms with E-state index in [-0.39, 0.29) is 5.91 Å². The van der Waals surface area contributed by atoms with E-state index in [9.17, 15) is 13.2 Å². The minimum Gasteiger partial charge on any atom is -0.494 e. The first-order chi connectivity index (χ1) is 16.3. The summed E-state index contributed by atoms with van der Waals surface area (Å²) in [4.78, 5) is 15.6. The van der Waals surface area contributed by atoms with Crippen LogP contribution in [-0.4, -0.2) is 51.2 Å². The molecule has 1 atom stereocenters. The van der Waals surface area contributed by atoms with E-state index in [1.54, 1.807) is 24.3 Å². The lowest BCUT2D eigenvalue weighted by molar-refractivity contribution is -0.122. The average molecular weight is 488 g/mol. The molecule has 1 fully saturated rings. The Balaban J connectivity index is 1.69. The highest BCUT2D eigenvalue weighted by Crippen LogP contribution is 2.25. The number of likely N-dealkylation sites (tertiary alicyclic amines) is 1. The summed E-state index contributed by atoms with van der Waals surface area (Å²) < 4.78 is 32.0. The van der Waals surface area contributed by atoms with Gasteiger partial charge in [0.05, 0.1) is 18.6 Å². The van der Waals surface area contributed by atoms with Crippen LogP contribution in [0.5, 0.6) is 5.75 Å². The van der Waals surface area contributed by atoms with Gasteiger partial charge in [0.15, 0.2) is 0 Å². The van der Waals surface area contributed by atoms with E-state index in [1.807, 2.05) is 26.0 Å². The Morgan fingerprint density at radius 3 is 2.35 bits per heavy atom. The van der Waals surface area contributed by atoms with E-state index in [4.69, 9.17) is 4.74 Å². The average Bonchev–Trinajstić information content (AvgIpc) is 2.82. The number of benzene rings is 2. The number of nitrogens with one attached hydrogen (secondary N) is 1. The third-order valence-corrected chi connectivity index (χ3v) is 7.22. The minimum atomic E-state index is -3.68. The van der Waals surface area contributed by atoms with Gasteiger partial charge in [-0.05, 0) is 74.7 Å². The number of carbonyl (C=O) groups is 1. The fourth-order valence-electron chi connectivity index (χ4n) is 4.44. The Bertz CT molecular complexity index is 1030. The molecule has 1 N–H and O–H groups in total. The first-order valence-corrected chi connectivity index (χ1v) is 14.0. The van der Waals surface area contributed by atoms with Crippen molar-refractivity contribution in [2.45, 2.75) is 58.7 Å². The van der Waals surface area contributed by atoms with Crippen molar-refractivity contribution < 1.29 is 17.9 Å². The van der Waals surface area contributed by atoms with Gasteiger partial charge in [-0.25, -0.2) is 8.42 Å². The molecule has 1 heterocycles. The first-order valence-electron chi connectivity index (χ1n) is 12.1. The number of hydrogen-bond acceptors (Lipinski definition) is 5. The van der Waals surface area contributed by atoms with Gasteiger partial charge in [0.25, 0.3) is 0 Å². The van der Waals surface area contributed by atoms with Gasteiger partial charge in [0.2, 0.25) is 15.9 Å². The number of carbonyl (C=O) groups excluding carboxylic acids is 1. The van der Waals surface area contributed by atoms with Crippen LogP contribution in [0.4, 0.5) is 5.69 Å². The maximum atomic E-state index is 13.1. The van der Waals surface area contributed by atoms with Crippen molar-refractivity contribution in [1.29, 1.82) is 0 Å². The molecule has 2 aromatic rings. The molecule has 1 unspecified atom stereocenters.